The first kappa shape index (κ1) is 17.6. The fourth-order valence-corrected chi connectivity index (χ4v) is 5.59. The molecule has 2 aliphatic rings. The van der Waals surface area contributed by atoms with Crippen molar-refractivity contribution in [2.75, 3.05) is 0 Å². The molecule has 24 heavy (non-hydrogen) atoms. The number of benzene rings is 1. The molecule has 0 aliphatic heterocycles. The SMILES string of the molecule is C/C=C/CCC[C@H]1[C@@H]2CCc3cc(O)ccc3[C@H]2CC[C@]1(C)CC. The minimum atomic E-state index is 0.435. The van der Waals surface area contributed by atoms with E-state index in [2.05, 4.69) is 39.0 Å². The fourth-order valence-electron chi connectivity index (χ4n) is 5.59. The molecule has 0 heterocycles. The van der Waals surface area contributed by atoms with Crippen molar-refractivity contribution in [3.8, 4) is 5.75 Å². The maximum absolute atomic E-state index is 9.82. The Labute approximate surface area is 148 Å². The summed E-state index contributed by atoms with van der Waals surface area (Å²) >= 11 is 0. The summed E-state index contributed by atoms with van der Waals surface area (Å²) in [6, 6.07) is 6.13. The van der Waals surface area contributed by atoms with Gasteiger partial charge in [0, 0.05) is 0 Å². The van der Waals surface area contributed by atoms with E-state index in [0.717, 1.165) is 24.2 Å². The molecular formula is C23H34O. The van der Waals surface area contributed by atoms with Gasteiger partial charge in [0.2, 0.25) is 0 Å². The monoisotopic (exact) mass is 326 g/mol. The lowest BCUT2D eigenvalue weighted by atomic mass is 9.53. The average molecular weight is 327 g/mol. The molecule has 0 spiro atoms. The molecule has 1 N–H and O–H groups in total. The molecule has 0 amide bonds. The van der Waals surface area contributed by atoms with Crippen LogP contribution in [-0.4, -0.2) is 5.11 Å². The molecule has 0 aromatic heterocycles. The highest BCUT2D eigenvalue weighted by molar-refractivity contribution is 5.39. The Morgan fingerprint density at radius 3 is 2.88 bits per heavy atom. The predicted octanol–water partition coefficient (Wildman–Crippen LogP) is 6.61. The van der Waals surface area contributed by atoms with Gasteiger partial charge in [0.1, 0.15) is 5.75 Å². The first-order valence-corrected chi connectivity index (χ1v) is 10.0. The molecule has 1 aromatic carbocycles. The molecule has 0 radical (unpaired) electrons. The van der Waals surface area contributed by atoms with Gasteiger partial charge in [-0.25, -0.2) is 0 Å². The van der Waals surface area contributed by atoms with Gasteiger partial charge in [0.05, 0.1) is 0 Å². The summed E-state index contributed by atoms with van der Waals surface area (Å²) in [5, 5.41) is 9.82. The van der Waals surface area contributed by atoms with Crippen LogP contribution >= 0.6 is 0 Å². The minimum absolute atomic E-state index is 0.435. The third-order valence-corrected chi connectivity index (χ3v) is 7.16. The Hall–Kier alpha value is -1.24. The van der Waals surface area contributed by atoms with Gasteiger partial charge in [-0.3, -0.25) is 0 Å². The lowest BCUT2D eigenvalue weighted by Crippen LogP contribution is -2.42. The van der Waals surface area contributed by atoms with Gasteiger partial charge in [-0.2, -0.15) is 0 Å². The Kier molecular flexibility index (Phi) is 5.37. The van der Waals surface area contributed by atoms with Gasteiger partial charge in [0.25, 0.3) is 0 Å². The quantitative estimate of drug-likeness (QED) is 0.476. The second kappa shape index (κ2) is 7.33. The molecule has 1 heteroatoms. The predicted molar refractivity (Wildman–Crippen MR) is 102 cm³/mol. The molecule has 2 aliphatic carbocycles. The number of rotatable bonds is 5. The Bertz CT molecular complexity index is 588. The first-order chi connectivity index (χ1) is 11.6. The number of allylic oxidation sites excluding steroid dienone is 2. The highest BCUT2D eigenvalue weighted by Gasteiger charge is 2.46. The molecule has 1 fully saturated rings. The van der Waals surface area contributed by atoms with Gasteiger partial charge >= 0.3 is 0 Å². The Morgan fingerprint density at radius 1 is 1.29 bits per heavy atom. The average Bonchev–Trinajstić information content (AvgIpc) is 2.59. The summed E-state index contributed by atoms with van der Waals surface area (Å²) in [7, 11) is 0. The number of hydrogen-bond donors (Lipinski definition) is 1. The van der Waals surface area contributed by atoms with Crippen LogP contribution < -0.4 is 0 Å². The van der Waals surface area contributed by atoms with E-state index in [4.69, 9.17) is 0 Å². The van der Waals surface area contributed by atoms with Gasteiger partial charge in [-0.05, 0) is 98.3 Å². The van der Waals surface area contributed by atoms with E-state index >= 15 is 0 Å². The largest absolute Gasteiger partial charge is 0.508 e. The number of aryl methyl sites for hydroxylation is 1. The van der Waals surface area contributed by atoms with Gasteiger partial charge in [-0.15, -0.1) is 0 Å². The van der Waals surface area contributed by atoms with E-state index in [0.29, 0.717) is 11.2 Å². The van der Waals surface area contributed by atoms with Crippen LogP contribution in [0.3, 0.4) is 0 Å². The van der Waals surface area contributed by atoms with Crippen LogP contribution in [0.15, 0.2) is 30.4 Å². The van der Waals surface area contributed by atoms with Crippen LogP contribution in [0.1, 0.15) is 82.8 Å². The van der Waals surface area contributed by atoms with E-state index in [9.17, 15) is 5.11 Å². The molecule has 0 saturated heterocycles. The Morgan fingerprint density at radius 2 is 2.12 bits per heavy atom. The summed E-state index contributed by atoms with van der Waals surface area (Å²) in [4.78, 5) is 0. The number of phenols is 1. The maximum atomic E-state index is 9.82. The van der Waals surface area contributed by atoms with Crippen molar-refractivity contribution in [1.82, 2.24) is 0 Å². The molecule has 1 nitrogen and oxygen atoms in total. The molecule has 132 valence electrons. The van der Waals surface area contributed by atoms with Gasteiger partial charge in [0.15, 0.2) is 0 Å². The van der Waals surface area contributed by atoms with Crippen LogP contribution in [0.2, 0.25) is 0 Å². The van der Waals surface area contributed by atoms with E-state index in [1.165, 1.54) is 50.5 Å². The van der Waals surface area contributed by atoms with Crippen molar-refractivity contribution in [1.29, 1.82) is 0 Å². The molecular weight excluding hydrogens is 292 g/mol. The van der Waals surface area contributed by atoms with Gasteiger partial charge < -0.3 is 5.11 Å². The zero-order chi connectivity index (χ0) is 17.2. The summed E-state index contributed by atoms with van der Waals surface area (Å²) in [6.45, 7) is 7.07. The molecule has 3 rings (SSSR count). The standard InChI is InChI=1S/C23H34O/c1-4-6-7-8-9-22-21-12-10-17-16-18(24)11-13-19(17)20(21)14-15-23(22,3)5-2/h4,6,11,13,16,20-22,24H,5,7-10,12,14-15H2,1-3H3/b6-4+/t20-,21-,22+,23+/m1/s1. The first-order valence-electron chi connectivity index (χ1n) is 10.0. The zero-order valence-electron chi connectivity index (χ0n) is 15.7. The maximum Gasteiger partial charge on any atom is 0.115 e. The zero-order valence-corrected chi connectivity index (χ0v) is 15.7. The second-order valence-electron chi connectivity index (χ2n) is 8.34. The lowest BCUT2D eigenvalue weighted by molar-refractivity contribution is 0.0212. The third-order valence-electron chi connectivity index (χ3n) is 7.16. The van der Waals surface area contributed by atoms with Crippen molar-refractivity contribution < 1.29 is 5.11 Å². The van der Waals surface area contributed by atoms with Crippen molar-refractivity contribution in [3.05, 3.63) is 41.5 Å². The normalized spacial score (nSPS) is 32.5. The number of aromatic hydroxyl groups is 1. The molecule has 0 unspecified atom stereocenters. The molecule has 1 saturated carbocycles. The van der Waals surface area contributed by atoms with Crippen molar-refractivity contribution >= 4 is 0 Å². The topological polar surface area (TPSA) is 20.2 Å². The highest BCUT2D eigenvalue weighted by atomic mass is 16.3. The lowest BCUT2D eigenvalue weighted by Gasteiger charge is -2.52. The number of phenolic OH excluding ortho intramolecular Hbond substituents is 1. The minimum Gasteiger partial charge on any atom is -0.508 e. The van der Waals surface area contributed by atoms with Crippen LogP contribution in [0, 0.1) is 17.3 Å². The molecule has 4 atom stereocenters. The fraction of sp³-hybridized carbons (Fsp3) is 0.652. The van der Waals surface area contributed by atoms with Crippen LogP contribution in [0.4, 0.5) is 0 Å². The summed E-state index contributed by atoms with van der Waals surface area (Å²) < 4.78 is 0. The summed E-state index contributed by atoms with van der Waals surface area (Å²) in [6.07, 6.45) is 14.9. The van der Waals surface area contributed by atoms with Crippen molar-refractivity contribution in [3.63, 3.8) is 0 Å². The smallest absolute Gasteiger partial charge is 0.115 e. The number of hydrogen-bond acceptors (Lipinski definition) is 1. The van der Waals surface area contributed by atoms with Crippen LogP contribution in [0.5, 0.6) is 5.75 Å². The highest BCUT2D eigenvalue weighted by Crippen LogP contribution is 2.57. The molecule has 0 bridgehead atoms. The second-order valence-corrected chi connectivity index (χ2v) is 8.34. The van der Waals surface area contributed by atoms with Crippen molar-refractivity contribution in [2.24, 2.45) is 17.3 Å². The number of unbranched alkanes of at least 4 members (excludes halogenated alkanes) is 1. The molecule has 1 aromatic rings. The Balaban J connectivity index is 1.83. The van der Waals surface area contributed by atoms with E-state index < -0.39 is 0 Å². The van der Waals surface area contributed by atoms with E-state index in [1.807, 2.05) is 12.1 Å². The summed E-state index contributed by atoms with van der Waals surface area (Å²) in [5.74, 6) is 2.85. The number of fused-ring (bicyclic) bond motifs is 3. The van der Waals surface area contributed by atoms with E-state index in [1.54, 1.807) is 5.56 Å². The van der Waals surface area contributed by atoms with Crippen molar-refractivity contribution in [2.45, 2.75) is 78.1 Å². The third kappa shape index (κ3) is 3.27. The van der Waals surface area contributed by atoms with Crippen LogP contribution in [-0.2, 0) is 6.42 Å². The van der Waals surface area contributed by atoms with Crippen LogP contribution in [0.25, 0.3) is 0 Å². The van der Waals surface area contributed by atoms with E-state index in [-0.39, 0.29) is 0 Å². The van der Waals surface area contributed by atoms with Gasteiger partial charge in [-0.1, -0.05) is 38.5 Å². The summed E-state index contributed by atoms with van der Waals surface area (Å²) in [5.41, 5.74) is 3.47.